The van der Waals surface area contributed by atoms with E-state index in [-0.39, 0.29) is 5.84 Å². The summed E-state index contributed by atoms with van der Waals surface area (Å²) in [6.07, 6.45) is 0.561. The van der Waals surface area contributed by atoms with Crippen LogP contribution >= 0.6 is 15.9 Å². The van der Waals surface area contributed by atoms with Gasteiger partial charge in [-0.1, -0.05) is 15.9 Å². The summed E-state index contributed by atoms with van der Waals surface area (Å²) in [6, 6.07) is 5.91. The first-order valence-electron chi connectivity index (χ1n) is 6.43. The Labute approximate surface area is 128 Å². The van der Waals surface area contributed by atoms with E-state index in [9.17, 15) is 0 Å². The fraction of sp³-hybridized carbons (Fsp3) is 0.500. The third-order valence-electron chi connectivity index (χ3n) is 2.96. The molecule has 0 spiro atoms. The number of nitrogens with one attached hydrogen (secondary N) is 1. The predicted molar refractivity (Wildman–Crippen MR) is 84.4 cm³/mol. The minimum Gasteiger partial charge on any atom is -0.497 e. The lowest BCUT2D eigenvalue weighted by molar-refractivity contribution is 0.145. The van der Waals surface area contributed by atoms with Crippen LogP contribution in [-0.2, 0) is 11.3 Å². The molecule has 0 fully saturated rings. The average Bonchev–Trinajstić information content (AvgIpc) is 2.43. The zero-order valence-electron chi connectivity index (χ0n) is 12.0. The van der Waals surface area contributed by atoms with E-state index in [0.29, 0.717) is 13.0 Å². The molecule has 0 heterocycles. The molecule has 1 rings (SSSR count). The van der Waals surface area contributed by atoms with Gasteiger partial charge in [0.15, 0.2) is 0 Å². The number of rotatable bonds is 9. The normalized spacial score (nSPS) is 10.8. The highest BCUT2D eigenvalue weighted by Crippen LogP contribution is 2.23. The van der Waals surface area contributed by atoms with Gasteiger partial charge in [-0.05, 0) is 23.8 Å². The number of hydrogen-bond donors (Lipinski definition) is 2. The largest absolute Gasteiger partial charge is 0.497 e. The Bertz CT molecular complexity index is 440. The zero-order valence-corrected chi connectivity index (χ0v) is 13.6. The molecule has 0 aliphatic heterocycles. The van der Waals surface area contributed by atoms with Gasteiger partial charge in [0.05, 0.1) is 19.6 Å². The summed E-state index contributed by atoms with van der Waals surface area (Å²) >= 11 is 3.56. The summed E-state index contributed by atoms with van der Waals surface area (Å²) in [5, 5.41) is 7.34. The Kier molecular flexibility index (Phi) is 7.58. The first-order valence-corrected chi connectivity index (χ1v) is 7.22. The van der Waals surface area contributed by atoms with Crippen LogP contribution in [0.5, 0.6) is 5.75 Å². The first kappa shape index (κ1) is 16.9. The topological polar surface area (TPSA) is 71.6 Å². The highest BCUT2D eigenvalue weighted by Gasteiger charge is 2.10. The van der Waals surface area contributed by atoms with Gasteiger partial charge < -0.3 is 15.2 Å². The molecule has 0 saturated heterocycles. The number of benzene rings is 1. The van der Waals surface area contributed by atoms with Crippen LogP contribution < -0.4 is 10.5 Å². The molecule has 0 unspecified atom stereocenters. The first-order chi connectivity index (χ1) is 9.56. The van der Waals surface area contributed by atoms with E-state index in [2.05, 4.69) is 20.8 Å². The number of nitrogens with two attached hydrogens (primary N) is 1. The van der Waals surface area contributed by atoms with E-state index in [4.69, 9.17) is 20.6 Å². The van der Waals surface area contributed by atoms with Crippen LogP contribution in [0.1, 0.15) is 12.0 Å². The Balaban J connectivity index is 2.73. The summed E-state index contributed by atoms with van der Waals surface area (Å²) < 4.78 is 11.4. The maximum absolute atomic E-state index is 7.34. The van der Waals surface area contributed by atoms with Crippen LogP contribution in [0.3, 0.4) is 0 Å². The van der Waals surface area contributed by atoms with Crippen molar-refractivity contribution in [2.24, 2.45) is 5.73 Å². The smallest absolute Gasteiger partial charge is 0.119 e. The number of hydrogen-bond acceptors (Lipinski definition) is 4. The lowest BCUT2D eigenvalue weighted by Crippen LogP contribution is -2.30. The Morgan fingerprint density at radius 3 is 2.70 bits per heavy atom. The number of methoxy groups -OCH3 is 2. The van der Waals surface area contributed by atoms with E-state index in [0.717, 1.165) is 35.4 Å². The lowest BCUT2D eigenvalue weighted by Gasteiger charge is -2.22. The van der Waals surface area contributed by atoms with Gasteiger partial charge in [0.25, 0.3) is 0 Å². The molecule has 3 N–H and O–H groups in total. The maximum atomic E-state index is 7.34. The second kappa shape index (κ2) is 8.94. The van der Waals surface area contributed by atoms with E-state index < -0.39 is 0 Å². The molecule has 0 radical (unpaired) electrons. The molecular weight excluding hydrogens is 322 g/mol. The number of amidine groups is 1. The van der Waals surface area contributed by atoms with Gasteiger partial charge in [0.1, 0.15) is 5.75 Å². The third kappa shape index (κ3) is 5.90. The van der Waals surface area contributed by atoms with Gasteiger partial charge in [-0.3, -0.25) is 10.3 Å². The lowest BCUT2D eigenvalue weighted by atomic mass is 10.2. The maximum Gasteiger partial charge on any atom is 0.119 e. The average molecular weight is 344 g/mol. The molecule has 0 saturated carbocycles. The standard InChI is InChI=1S/C14H22BrN3O2/c1-19-8-7-18(6-5-14(16)17)10-11-9-12(20-2)3-4-13(11)15/h3-4,9H,5-8,10H2,1-2H3,(H3,16,17). The van der Waals surface area contributed by atoms with E-state index in [1.807, 2.05) is 18.2 Å². The van der Waals surface area contributed by atoms with E-state index in [1.54, 1.807) is 14.2 Å². The molecule has 1 aromatic carbocycles. The van der Waals surface area contributed by atoms with Crippen molar-refractivity contribution in [3.63, 3.8) is 0 Å². The highest BCUT2D eigenvalue weighted by atomic mass is 79.9. The van der Waals surface area contributed by atoms with Crippen molar-refractivity contribution in [2.75, 3.05) is 33.9 Å². The summed E-state index contributed by atoms with van der Waals surface area (Å²) in [5.41, 5.74) is 6.58. The quantitative estimate of drug-likeness (QED) is 0.532. The van der Waals surface area contributed by atoms with Crippen molar-refractivity contribution in [1.82, 2.24) is 4.90 Å². The van der Waals surface area contributed by atoms with Crippen LogP contribution in [0.25, 0.3) is 0 Å². The van der Waals surface area contributed by atoms with Crippen molar-refractivity contribution in [3.8, 4) is 5.75 Å². The molecule has 6 heteroatoms. The molecule has 20 heavy (non-hydrogen) atoms. The Hall–Kier alpha value is -1.11. The Morgan fingerprint density at radius 1 is 1.35 bits per heavy atom. The molecule has 1 aromatic rings. The summed E-state index contributed by atoms with van der Waals surface area (Å²) in [5.74, 6) is 1.04. The molecule has 112 valence electrons. The monoisotopic (exact) mass is 343 g/mol. The molecule has 0 atom stereocenters. The summed E-state index contributed by atoms with van der Waals surface area (Å²) in [7, 11) is 3.34. The van der Waals surface area contributed by atoms with Crippen LogP contribution in [0, 0.1) is 5.41 Å². The van der Waals surface area contributed by atoms with Gasteiger partial charge in [-0.15, -0.1) is 0 Å². The van der Waals surface area contributed by atoms with Crippen LogP contribution in [0.2, 0.25) is 0 Å². The van der Waals surface area contributed by atoms with Crippen molar-refractivity contribution >= 4 is 21.8 Å². The van der Waals surface area contributed by atoms with Gasteiger partial charge in [-0.25, -0.2) is 0 Å². The van der Waals surface area contributed by atoms with Crippen LogP contribution in [0.4, 0.5) is 0 Å². The van der Waals surface area contributed by atoms with Crippen LogP contribution in [0.15, 0.2) is 22.7 Å². The molecule has 0 bridgehead atoms. The number of halogens is 1. The van der Waals surface area contributed by atoms with Crippen LogP contribution in [-0.4, -0.2) is 44.7 Å². The second-order valence-electron chi connectivity index (χ2n) is 4.50. The second-order valence-corrected chi connectivity index (χ2v) is 5.36. The molecule has 0 aliphatic rings. The SMILES string of the molecule is COCCN(CCC(=N)N)Cc1cc(OC)ccc1Br. The van der Waals surface area contributed by atoms with E-state index >= 15 is 0 Å². The fourth-order valence-electron chi connectivity index (χ4n) is 1.81. The predicted octanol–water partition coefficient (Wildman–Crippen LogP) is 2.23. The molecule has 0 amide bonds. The molecule has 0 aliphatic carbocycles. The molecule has 0 aromatic heterocycles. The van der Waals surface area contributed by atoms with Crippen molar-refractivity contribution in [3.05, 3.63) is 28.2 Å². The fourth-order valence-corrected chi connectivity index (χ4v) is 2.18. The minimum absolute atomic E-state index is 0.206. The van der Waals surface area contributed by atoms with Gasteiger partial charge in [0.2, 0.25) is 0 Å². The number of ether oxygens (including phenoxy) is 2. The summed E-state index contributed by atoms with van der Waals surface area (Å²) in [4.78, 5) is 2.21. The molecular formula is C14H22BrN3O2. The zero-order chi connectivity index (χ0) is 15.0. The van der Waals surface area contributed by atoms with E-state index in [1.165, 1.54) is 0 Å². The number of nitrogens with zero attached hydrogens (tertiary/aromatic N) is 1. The van der Waals surface area contributed by atoms with Crippen molar-refractivity contribution < 1.29 is 9.47 Å². The highest BCUT2D eigenvalue weighted by molar-refractivity contribution is 9.10. The molecule has 5 nitrogen and oxygen atoms in total. The van der Waals surface area contributed by atoms with Gasteiger partial charge in [0, 0.05) is 37.6 Å². The van der Waals surface area contributed by atoms with Gasteiger partial charge >= 0.3 is 0 Å². The van der Waals surface area contributed by atoms with Crippen molar-refractivity contribution in [2.45, 2.75) is 13.0 Å². The summed E-state index contributed by atoms with van der Waals surface area (Å²) in [6.45, 7) is 2.95. The van der Waals surface area contributed by atoms with Gasteiger partial charge in [-0.2, -0.15) is 0 Å². The Morgan fingerprint density at radius 2 is 2.10 bits per heavy atom. The van der Waals surface area contributed by atoms with Crippen molar-refractivity contribution in [1.29, 1.82) is 5.41 Å². The minimum atomic E-state index is 0.206. The third-order valence-corrected chi connectivity index (χ3v) is 3.73.